The zero-order valence-corrected chi connectivity index (χ0v) is 18.7. The number of benzene rings is 1. The number of guanidine groups is 1. The van der Waals surface area contributed by atoms with Crippen molar-refractivity contribution >= 4 is 41.3 Å². The second kappa shape index (κ2) is 10.4. The normalized spacial score (nSPS) is 17.5. The fraction of sp³-hybridized carbons (Fsp3) is 0.474. The van der Waals surface area contributed by atoms with E-state index in [1.807, 2.05) is 13.0 Å². The van der Waals surface area contributed by atoms with Crippen LogP contribution in [0.3, 0.4) is 0 Å². The Bertz CT molecular complexity index is 764. The van der Waals surface area contributed by atoms with Gasteiger partial charge in [-0.05, 0) is 18.9 Å². The Morgan fingerprint density at radius 3 is 2.71 bits per heavy atom. The molecule has 2 aromatic rings. The number of halogens is 4. The van der Waals surface area contributed by atoms with Crippen LogP contribution in [0.15, 0.2) is 40.7 Å². The van der Waals surface area contributed by atoms with Gasteiger partial charge in [-0.1, -0.05) is 30.3 Å². The summed E-state index contributed by atoms with van der Waals surface area (Å²) in [4.78, 5) is 10.5. The number of hydrogen-bond donors (Lipinski definition) is 1. The highest BCUT2D eigenvalue weighted by atomic mass is 127. The van der Waals surface area contributed by atoms with Gasteiger partial charge in [0.2, 0.25) is 0 Å². The van der Waals surface area contributed by atoms with E-state index in [0.29, 0.717) is 23.9 Å². The molecular weight excluding hydrogens is 500 g/mol. The summed E-state index contributed by atoms with van der Waals surface area (Å²) < 4.78 is 37.9. The van der Waals surface area contributed by atoms with Gasteiger partial charge >= 0.3 is 6.18 Å². The topological polar surface area (TPSA) is 40.5 Å². The van der Waals surface area contributed by atoms with Crippen LogP contribution in [0.5, 0.6) is 0 Å². The van der Waals surface area contributed by atoms with Crippen molar-refractivity contribution < 1.29 is 13.2 Å². The van der Waals surface area contributed by atoms with E-state index in [4.69, 9.17) is 0 Å². The molecule has 2 heterocycles. The lowest BCUT2D eigenvalue weighted by atomic mass is 9.99. The summed E-state index contributed by atoms with van der Waals surface area (Å²) in [6.07, 6.45) is -2.91. The molecule has 1 aliphatic heterocycles. The first-order valence-corrected chi connectivity index (χ1v) is 9.95. The molecule has 1 aromatic carbocycles. The van der Waals surface area contributed by atoms with Gasteiger partial charge in [-0.3, -0.25) is 4.99 Å². The molecule has 0 amide bonds. The van der Waals surface area contributed by atoms with Crippen LogP contribution in [0.1, 0.15) is 35.5 Å². The number of thiazole rings is 1. The first-order valence-electron chi connectivity index (χ1n) is 9.07. The zero-order valence-electron chi connectivity index (χ0n) is 15.6. The van der Waals surface area contributed by atoms with Crippen molar-refractivity contribution in [3.05, 3.63) is 52.0 Å². The minimum Gasteiger partial charge on any atom is -0.357 e. The molecule has 1 aromatic heterocycles. The van der Waals surface area contributed by atoms with Gasteiger partial charge in [0.25, 0.3) is 0 Å². The molecule has 0 radical (unpaired) electrons. The zero-order chi connectivity index (χ0) is 19.3. The van der Waals surface area contributed by atoms with Crippen LogP contribution in [0.2, 0.25) is 0 Å². The lowest BCUT2D eigenvalue weighted by molar-refractivity contribution is -0.140. The van der Waals surface area contributed by atoms with Crippen molar-refractivity contribution in [3.63, 3.8) is 0 Å². The molecule has 1 saturated heterocycles. The molecular formula is C19H24F3IN4S. The molecule has 154 valence electrons. The van der Waals surface area contributed by atoms with E-state index in [1.165, 1.54) is 5.56 Å². The Kier molecular flexibility index (Phi) is 8.54. The van der Waals surface area contributed by atoms with Crippen LogP contribution in [-0.2, 0) is 12.6 Å². The summed E-state index contributed by atoms with van der Waals surface area (Å²) in [5, 5.41) is 4.82. The average Bonchev–Trinajstić information content (AvgIpc) is 3.31. The third kappa shape index (κ3) is 6.07. The Morgan fingerprint density at radius 2 is 2.07 bits per heavy atom. The van der Waals surface area contributed by atoms with E-state index in [0.717, 1.165) is 48.7 Å². The van der Waals surface area contributed by atoms with Crippen molar-refractivity contribution in [2.75, 3.05) is 26.2 Å². The molecule has 1 N–H and O–H groups in total. The van der Waals surface area contributed by atoms with E-state index in [2.05, 4.69) is 44.5 Å². The van der Waals surface area contributed by atoms with Gasteiger partial charge in [-0.15, -0.1) is 35.3 Å². The van der Waals surface area contributed by atoms with Crippen molar-refractivity contribution in [2.24, 2.45) is 4.99 Å². The van der Waals surface area contributed by atoms with Gasteiger partial charge in [0.05, 0.1) is 5.01 Å². The molecule has 1 aliphatic rings. The predicted molar refractivity (Wildman–Crippen MR) is 118 cm³/mol. The first-order chi connectivity index (χ1) is 13.0. The number of rotatable bonds is 5. The quantitative estimate of drug-likeness (QED) is 0.348. The summed E-state index contributed by atoms with van der Waals surface area (Å²) in [7, 11) is 0. The smallest absolute Gasteiger partial charge is 0.357 e. The Hall–Kier alpha value is -1.36. The molecule has 1 atom stereocenters. The minimum atomic E-state index is -4.38. The molecule has 0 saturated carbocycles. The Balaban J connectivity index is 0.00000280. The average molecular weight is 524 g/mol. The van der Waals surface area contributed by atoms with Gasteiger partial charge in [-0.25, -0.2) is 4.98 Å². The van der Waals surface area contributed by atoms with E-state index in [9.17, 15) is 13.2 Å². The number of nitrogens with zero attached hydrogens (tertiary/aromatic N) is 3. The molecule has 28 heavy (non-hydrogen) atoms. The predicted octanol–water partition coefficient (Wildman–Crippen LogP) is 4.78. The maximum Gasteiger partial charge on any atom is 0.434 e. The Labute approximate surface area is 184 Å². The molecule has 0 bridgehead atoms. The first kappa shape index (κ1) is 22.9. The third-order valence-corrected chi connectivity index (χ3v) is 5.43. The van der Waals surface area contributed by atoms with Crippen molar-refractivity contribution in [1.82, 2.24) is 15.2 Å². The molecule has 1 unspecified atom stereocenters. The molecule has 9 heteroatoms. The van der Waals surface area contributed by atoms with Crippen LogP contribution in [0.25, 0.3) is 0 Å². The van der Waals surface area contributed by atoms with Crippen molar-refractivity contribution in [2.45, 2.75) is 31.9 Å². The second-order valence-corrected chi connectivity index (χ2v) is 7.39. The molecule has 1 fully saturated rings. The van der Waals surface area contributed by atoms with Gasteiger partial charge in [0.1, 0.15) is 0 Å². The van der Waals surface area contributed by atoms with Crippen LogP contribution in [0.4, 0.5) is 13.2 Å². The molecule has 0 aliphatic carbocycles. The van der Waals surface area contributed by atoms with Gasteiger partial charge in [0, 0.05) is 43.9 Å². The number of likely N-dealkylation sites (tertiary alicyclic amines) is 1. The van der Waals surface area contributed by atoms with Crippen LogP contribution in [-0.4, -0.2) is 42.0 Å². The largest absolute Gasteiger partial charge is 0.434 e. The van der Waals surface area contributed by atoms with E-state index in [1.54, 1.807) is 0 Å². The highest BCUT2D eigenvalue weighted by Crippen LogP contribution is 2.30. The fourth-order valence-electron chi connectivity index (χ4n) is 3.19. The standard InChI is InChI=1S/C19H23F3N4S.HI/c1-2-23-18(24-10-8-17-25-16(13-27-17)19(20,21)22)26-11-9-15(12-26)14-6-4-3-5-7-14;/h3-7,13,15H,2,8-12H2,1H3,(H,23,24);1H. The van der Waals surface area contributed by atoms with Crippen LogP contribution < -0.4 is 5.32 Å². The summed E-state index contributed by atoms with van der Waals surface area (Å²) in [5.41, 5.74) is 0.516. The van der Waals surface area contributed by atoms with Gasteiger partial charge < -0.3 is 10.2 Å². The number of alkyl halides is 3. The minimum absolute atomic E-state index is 0. The van der Waals surface area contributed by atoms with E-state index >= 15 is 0 Å². The van der Waals surface area contributed by atoms with E-state index < -0.39 is 11.9 Å². The molecule has 4 nitrogen and oxygen atoms in total. The number of nitrogens with one attached hydrogen (secondary N) is 1. The second-order valence-electron chi connectivity index (χ2n) is 6.45. The lowest BCUT2D eigenvalue weighted by Gasteiger charge is -2.21. The maximum absolute atomic E-state index is 12.6. The summed E-state index contributed by atoms with van der Waals surface area (Å²) >= 11 is 1.04. The lowest BCUT2D eigenvalue weighted by Crippen LogP contribution is -2.40. The van der Waals surface area contributed by atoms with E-state index in [-0.39, 0.29) is 24.0 Å². The number of aromatic nitrogens is 1. The number of hydrogen-bond acceptors (Lipinski definition) is 3. The highest BCUT2D eigenvalue weighted by Gasteiger charge is 2.33. The highest BCUT2D eigenvalue weighted by molar-refractivity contribution is 14.0. The van der Waals surface area contributed by atoms with Crippen LogP contribution >= 0.6 is 35.3 Å². The Morgan fingerprint density at radius 1 is 1.32 bits per heavy atom. The van der Waals surface area contributed by atoms with Crippen LogP contribution in [0, 0.1) is 0 Å². The van der Waals surface area contributed by atoms with Crippen molar-refractivity contribution in [1.29, 1.82) is 0 Å². The summed E-state index contributed by atoms with van der Waals surface area (Å²) in [5.74, 6) is 1.30. The third-order valence-electron chi connectivity index (χ3n) is 4.52. The molecule has 0 spiro atoms. The summed E-state index contributed by atoms with van der Waals surface area (Å²) in [6, 6.07) is 10.4. The molecule has 3 rings (SSSR count). The maximum atomic E-state index is 12.6. The number of aliphatic imine (C=N–C) groups is 1. The fourth-order valence-corrected chi connectivity index (χ4v) is 3.98. The van der Waals surface area contributed by atoms with Gasteiger partial charge in [0.15, 0.2) is 11.7 Å². The van der Waals surface area contributed by atoms with Gasteiger partial charge in [-0.2, -0.15) is 13.2 Å². The SMILES string of the molecule is CCNC(=NCCc1nc(C(F)(F)F)cs1)N1CCC(c2ccccc2)C1.I. The summed E-state index contributed by atoms with van der Waals surface area (Å²) in [6.45, 7) is 4.99. The van der Waals surface area contributed by atoms with Crippen molar-refractivity contribution in [3.8, 4) is 0 Å². The monoisotopic (exact) mass is 524 g/mol.